The first-order chi connectivity index (χ1) is 9.81. The minimum atomic E-state index is 0.322. The molecule has 0 radical (unpaired) electrons. The van der Waals surface area contributed by atoms with Gasteiger partial charge in [0.2, 0.25) is 0 Å². The molecule has 6 heteroatoms. The number of aromatic hydroxyl groups is 1. The zero-order valence-electron chi connectivity index (χ0n) is 12.1. The summed E-state index contributed by atoms with van der Waals surface area (Å²) in [5, 5.41) is 18.3. The van der Waals surface area contributed by atoms with Gasteiger partial charge >= 0.3 is 0 Å². The molecular weight excluding hydrogens is 254 g/mol. The van der Waals surface area contributed by atoms with Crippen LogP contribution in [0.1, 0.15) is 0 Å². The van der Waals surface area contributed by atoms with E-state index >= 15 is 0 Å². The number of phenols is 1. The van der Waals surface area contributed by atoms with Crippen molar-refractivity contribution in [2.45, 2.75) is 0 Å². The molecule has 0 aliphatic carbocycles. The maximum atomic E-state index is 8.63. The molecule has 0 aliphatic rings. The molecule has 0 aliphatic heterocycles. The summed E-state index contributed by atoms with van der Waals surface area (Å²) in [7, 11) is 0. The fraction of sp³-hybridized carbons (Fsp3) is 0.571. The number of hydrogen-bond donors (Lipinski definition) is 6. The highest BCUT2D eigenvalue weighted by Crippen LogP contribution is 2.02. The average Bonchev–Trinajstić information content (AvgIpc) is 2.47. The Morgan fingerprint density at radius 3 is 1.40 bits per heavy atom. The van der Waals surface area contributed by atoms with Crippen molar-refractivity contribution >= 4 is 0 Å². The molecular formula is C14H29N5O. The third-order valence-corrected chi connectivity index (χ3v) is 2.36. The second-order valence-electron chi connectivity index (χ2n) is 4.16. The Kier molecular flexibility index (Phi) is 14.9. The molecule has 6 nitrogen and oxygen atoms in total. The van der Waals surface area contributed by atoms with Crippen LogP contribution in [0.25, 0.3) is 0 Å². The Balaban J connectivity index is 0.000000428. The zero-order chi connectivity index (χ0) is 14.9. The van der Waals surface area contributed by atoms with Crippen LogP contribution in [0.2, 0.25) is 0 Å². The smallest absolute Gasteiger partial charge is 0.115 e. The van der Waals surface area contributed by atoms with Crippen molar-refractivity contribution in [2.75, 3.05) is 52.4 Å². The molecule has 116 valence electrons. The molecule has 0 aromatic heterocycles. The van der Waals surface area contributed by atoms with Gasteiger partial charge in [-0.25, -0.2) is 0 Å². The molecule has 1 aromatic carbocycles. The lowest BCUT2D eigenvalue weighted by atomic mass is 10.3. The van der Waals surface area contributed by atoms with Crippen molar-refractivity contribution in [1.29, 1.82) is 0 Å². The Hall–Kier alpha value is -1.18. The minimum Gasteiger partial charge on any atom is -0.508 e. The van der Waals surface area contributed by atoms with Crippen LogP contribution < -0.4 is 27.4 Å². The highest BCUT2D eigenvalue weighted by Gasteiger charge is 1.87. The monoisotopic (exact) mass is 283 g/mol. The predicted octanol–water partition coefficient (Wildman–Crippen LogP) is -0.935. The quantitative estimate of drug-likeness (QED) is 0.310. The molecule has 0 fully saturated rings. The van der Waals surface area contributed by atoms with Gasteiger partial charge in [0, 0.05) is 52.4 Å². The molecule has 0 heterocycles. The third-order valence-electron chi connectivity index (χ3n) is 2.36. The summed E-state index contributed by atoms with van der Waals surface area (Å²) in [4.78, 5) is 0. The molecule has 0 atom stereocenters. The summed E-state index contributed by atoms with van der Waals surface area (Å²) in [6, 6.07) is 8.71. The van der Waals surface area contributed by atoms with Gasteiger partial charge in [-0.3, -0.25) is 0 Å². The van der Waals surface area contributed by atoms with Crippen molar-refractivity contribution < 1.29 is 5.11 Å². The van der Waals surface area contributed by atoms with Crippen LogP contribution >= 0.6 is 0 Å². The van der Waals surface area contributed by atoms with Gasteiger partial charge in [-0.05, 0) is 12.1 Å². The molecule has 0 spiro atoms. The van der Waals surface area contributed by atoms with E-state index in [4.69, 9.17) is 16.6 Å². The molecule has 8 N–H and O–H groups in total. The van der Waals surface area contributed by atoms with Crippen molar-refractivity contribution in [3.05, 3.63) is 30.3 Å². The van der Waals surface area contributed by atoms with Gasteiger partial charge in [0.05, 0.1) is 0 Å². The van der Waals surface area contributed by atoms with Crippen LogP contribution in [0.5, 0.6) is 5.75 Å². The zero-order valence-corrected chi connectivity index (χ0v) is 12.1. The summed E-state index contributed by atoms with van der Waals surface area (Å²) in [5.74, 6) is 0.322. The molecule has 0 amide bonds. The van der Waals surface area contributed by atoms with E-state index in [1.807, 2.05) is 6.07 Å². The van der Waals surface area contributed by atoms with E-state index in [0.29, 0.717) is 18.8 Å². The number of para-hydroxylation sites is 1. The van der Waals surface area contributed by atoms with Crippen LogP contribution in [-0.2, 0) is 0 Å². The molecule has 0 saturated carbocycles. The lowest BCUT2D eigenvalue weighted by Gasteiger charge is -2.06. The Labute approximate surface area is 121 Å². The number of benzene rings is 1. The summed E-state index contributed by atoms with van der Waals surface area (Å²) in [5.41, 5.74) is 10.6. The Bertz CT molecular complexity index is 274. The van der Waals surface area contributed by atoms with Crippen molar-refractivity contribution in [2.24, 2.45) is 11.5 Å². The standard InChI is InChI=1S/C8H23N5.C6H6O/c9-1-3-11-5-7-13-8-6-12-4-2-10;7-6-4-2-1-3-5-6/h11-13H,1-10H2;1-5,7H. The van der Waals surface area contributed by atoms with Crippen molar-refractivity contribution in [3.63, 3.8) is 0 Å². The van der Waals surface area contributed by atoms with E-state index in [-0.39, 0.29) is 0 Å². The van der Waals surface area contributed by atoms with Gasteiger partial charge in [0.1, 0.15) is 5.75 Å². The second-order valence-corrected chi connectivity index (χ2v) is 4.16. The number of hydrogen-bond acceptors (Lipinski definition) is 6. The van der Waals surface area contributed by atoms with Gasteiger partial charge < -0.3 is 32.5 Å². The third kappa shape index (κ3) is 14.9. The Morgan fingerprint density at radius 1 is 0.700 bits per heavy atom. The Morgan fingerprint density at radius 2 is 1.10 bits per heavy atom. The lowest BCUT2D eigenvalue weighted by Crippen LogP contribution is -2.35. The van der Waals surface area contributed by atoms with Crippen LogP contribution in [-0.4, -0.2) is 57.5 Å². The fourth-order valence-corrected chi connectivity index (χ4v) is 1.36. The SMILES string of the molecule is NCCNCCNCCNCCN.Oc1ccccc1. The number of nitrogens with two attached hydrogens (primary N) is 2. The molecule has 20 heavy (non-hydrogen) atoms. The van der Waals surface area contributed by atoms with Gasteiger partial charge in [-0.1, -0.05) is 18.2 Å². The topological polar surface area (TPSA) is 108 Å². The van der Waals surface area contributed by atoms with Crippen LogP contribution in [0.4, 0.5) is 0 Å². The van der Waals surface area contributed by atoms with Crippen LogP contribution in [0, 0.1) is 0 Å². The van der Waals surface area contributed by atoms with E-state index in [1.54, 1.807) is 24.3 Å². The summed E-state index contributed by atoms with van der Waals surface area (Å²) >= 11 is 0. The predicted molar refractivity (Wildman–Crippen MR) is 84.8 cm³/mol. The van der Waals surface area contributed by atoms with E-state index in [1.165, 1.54) is 0 Å². The first-order valence-electron chi connectivity index (χ1n) is 7.07. The fourth-order valence-electron chi connectivity index (χ4n) is 1.36. The molecule has 1 aromatic rings. The van der Waals surface area contributed by atoms with Gasteiger partial charge in [0.15, 0.2) is 0 Å². The van der Waals surface area contributed by atoms with Crippen molar-refractivity contribution in [3.8, 4) is 5.75 Å². The van der Waals surface area contributed by atoms with Crippen molar-refractivity contribution in [1.82, 2.24) is 16.0 Å². The lowest BCUT2D eigenvalue weighted by molar-refractivity contribution is 0.475. The maximum Gasteiger partial charge on any atom is 0.115 e. The summed E-state index contributed by atoms with van der Waals surface area (Å²) < 4.78 is 0. The van der Waals surface area contributed by atoms with E-state index < -0.39 is 0 Å². The van der Waals surface area contributed by atoms with E-state index in [0.717, 1.165) is 39.3 Å². The second kappa shape index (κ2) is 15.9. The van der Waals surface area contributed by atoms with Gasteiger partial charge in [-0.2, -0.15) is 0 Å². The maximum absolute atomic E-state index is 8.63. The van der Waals surface area contributed by atoms with Crippen LogP contribution in [0.3, 0.4) is 0 Å². The van der Waals surface area contributed by atoms with E-state index in [2.05, 4.69) is 16.0 Å². The number of phenolic OH excluding ortho intramolecular Hbond substituents is 1. The highest BCUT2D eigenvalue weighted by molar-refractivity contribution is 5.18. The molecule has 0 bridgehead atoms. The molecule has 0 unspecified atom stereocenters. The van der Waals surface area contributed by atoms with Crippen LogP contribution in [0.15, 0.2) is 30.3 Å². The van der Waals surface area contributed by atoms with Gasteiger partial charge in [0.25, 0.3) is 0 Å². The minimum absolute atomic E-state index is 0.322. The normalized spacial score (nSPS) is 9.90. The summed E-state index contributed by atoms with van der Waals surface area (Å²) in [6.07, 6.45) is 0. The molecule has 0 saturated heterocycles. The number of nitrogens with one attached hydrogen (secondary N) is 3. The largest absolute Gasteiger partial charge is 0.508 e. The summed E-state index contributed by atoms with van der Waals surface area (Å²) in [6.45, 7) is 7.15. The highest BCUT2D eigenvalue weighted by atomic mass is 16.3. The van der Waals surface area contributed by atoms with Gasteiger partial charge in [-0.15, -0.1) is 0 Å². The first-order valence-corrected chi connectivity index (χ1v) is 7.07. The molecule has 1 rings (SSSR count). The average molecular weight is 283 g/mol. The first kappa shape index (κ1) is 18.8. The number of rotatable bonds is 10. The van der Waals surface area contributed by atoms with E-state index in [9.17, 15) is 0 Å².